The molecule has 0 radical (unpaired) electrons. The molecule has 1 aliphatic heterocycles. The van der Waals surface area contributed by atoms with Crippen LogP contribution in [-0.4, -0.2) is 35.9 Å². The monoisotopic (exact) mass is 426 g/mol. The van der Waals surface area contributed by atoms with Gasteiger partial charge < -0.3 is 4.74 Å². The number of fused-ring (bicyclic) bond motifs is 1. The first-order valence-corrected chi connectivity index (χ1v) is 11.9. The van der Waals surface area contributed by atoms with Gasteiger partial charge in [-0.25, -0.2) is 4.98 Å². The summed E-state index contributed by atoms with van der Waals surface area (Å²) in [5, 5.41) is 0.755. The Hall–Kier alpha value is -1.89. The van der Waals surface area contributed by atoms with E-state index >= 15 is 0 Å². The Morgan fingerprint density at radius 3 is 2.90 bits per heavy atom. The molecule has 1 aliphatic rings. The van der Waals surface area contributed by atoms with Crippen LogP contribution in [0.2, 0.25) is 0 Å². The van der Waals surface area contributed by atoms with Crippen LogP contribution in [0.3, 0.4) is 0 Å². The fourth-order valence-electron chi connectivity index (χ4n) is 3.78. The highest BCUT2D eigenvalue weighted by molar-refractivity contribution is 7.99. The molecule has 1 aromatic heterocycles. The average molecular weight is 427 g/mol. The van der Waals surface area contributed by atoms with Crippen molar-refractivity contribution in [2.24, 2.45) is 0 Å². The molecule has 152 valence electrons. The molecule has 0 bridgehead atoms. The zero-order valence-electron chi connectivity index (χ0n) is 17.1. The van der Waals surface area contributed by atoms with Gasteiger partial charge in [-0.1, -0.05) is 36.5 Å². The van der Waals surface area contributed by atoms with Crippen LogP contribution in [0.25, 0.3) is 10.2 Å². The molecule has 2 heterocycles. The number of rotatable bonds is 6. The van der Waals surface area contributed by atoms with Gasteiger partial charge in [-0.2, -0.15) is 0 Å². The molecule has 1 amide bonds. The van der Waals surface area contributed by atoms with Crippen LogP contribution < -0.4 is 4.90 Å². The summed E-state index contributed by atoms with van der Waals surface area (Å²) in [7, 11) is 0. The lowest BCUT2D eigenvalue weighted by Gasteiger charge is -2.24. The van der Waals surface area contributed by atoms with Crippen molar-refractivity contribution in [2.45, 2.75) is 44.6 Å². The Balaban J connectivity index is 1.76. The summed E-state index contributed by atoms with van der Waals surface area (Å²) in [6.45, 7) is 7.60. The molecule has 29 heavy (non-hydrogen) atoms. The van der Waals surface area contributed by atoms with Crippen molar-refractivity contribution in [2.75, 3.05) is 23.8 Å². The minimum atomic E-state index is 0.00508. The summed E-state index contributed by atoms with van der Waals surface area (Å²) in [6.07, 6.45) is 2.10. The molecule has 0 aliphatic carbocycles. The Morgan fingerprint density at radius 2 is 2.14 bits per heavy atom. The molecule has 0 spiro atoms. The molecule has 6 heteroatoms. The van der Waals surface area contributed by atoms with Crippen molar-refractivity contribution < 1.29 is 9.53 Å². The number of hydrogen-bond donors (Lipinski definition) is 0. The second kappa shape index (κ2) is 8.86. The Morgan fingerprint density at radius 1 is 1.31 bits per heavy atom. The standard InChI is InChI=1S/C23H26N2O2S2/c1-4-28-19-10-6-5-9-18(19)22(26)25(14-17-8-7-11-27-17)23-24-21-16(3)12-15(2)13-20(21)29-23/h5-6,9-10,12-13,17H,4,7-8,11,14H2,1-3H3. The van der Waals surface area contributed by atoms with E-state index in [0.29, 0.717) is 6.54 Å². The number of hydrogen-bond acceptors (Lipinski definition) is 5. The van der Waals surface area contributed by atoms with Gasteiger partial charge in [-0.05, 0) is 61.8 Å². The lowest BCUT2D eigenvalue weighted by atomic mass is 10.1. The number of aryl methyl sites for hydroxylation is 2. The second-order valence-electron chi connectivity index (χ2n) is 7.40. The van der Waals surface area contributed by atoms with Gasteiger partial charge in [-0.3, -0.25) is 9.69 Å². The Labute approximate surface area is 180 Å². The predicted molar refractivity (Wildman–Crippen MR) is 123 cm³/mol. The lowest BCUT2D eigenvalue weighted by molar-refractivity contribution is 0.0915. The third kappa shape index (κ3) is 4.34. The third-order valence-corrected chi connectivity index (χ3v) is 7.10. The van der Waals surface area contributed by atoms with Gasteiger partial charge in [-0.15, -0.1) is 11.8 Å². The van der Waals surface area contributed by atoms with E-state index in [2.05, 4.69) is 32.9 Å². The van der Waals surface area contributed by atoms with Crippen LogP contribution >= 0.6 is 23.1 Å². The predicted octanol–water partition coefficient (Wildman–Crippen LogP) is 5.85. The molecule has 1 saturated heterocycles. The summed E-state index contributed by atoms with van der Waals surface area (Å²) in [6, 6.07) is 12.2. The second-order valence-corrected chi connectivity index (χ2v) is 9.72. The van der Waals surface area contributed by atoms with Crippen LogP contribution in [0.4, 0.5) is 5.13 Å². The molecule has 0 N–H and O–H groups in total. The van der Waals surface area contributed by atoms with Crippen molar-refractivity contribution in [3.63, 3.8) is 0 Å². The number of amides is 1. The van der Waals surface area contributed by atoms with Gasteiger partial charge in [0.25, 0.3) is 5.91 Å². The average Bonchev–Trinajstić information content (AvgIpc) is 3.36. The largest absolute Gasteiger partial charge is 0.376 e. The number of thioether (sulfide) groups is 1. The summed E-state index contributed by atoms with van der Waals surface area (Å²) in [5.74, 6) is 0.931. The van der Waals surface area contributed by atoms with Crippen LogP contribution in [0, 0.1) is 13.8 Å². The molecular formula is C23H26N2O2S2. The first kappa shape index (κ1) is 20.4. The number of carbonyl (C=O) groups is 1. The fourth-order valence-corrected chi connectivity index (χ4v) is 5.73. The van der Waals surface area contributed by atoms with Gasteiger partial charge >= 0.3 is 0 Å². The molecular weight excluding hydrogens is 400 g/mol. The molecule has 3 aromatic rings. The topological polar surface area (TPSA) is 42.4 Å². The van der Waals surface area contributed by atoms with Gasteiger partial charge in [0.15, 0.2) is 5.13 Å². The van der Waals surface area contributed by atoms with Crippen molar-refractivity contribution in [3.05, 3.63) is 53.1 Å². The number of nitrogens with zero attached hydrogens (tertiary/aromatic N) is 2. The number of ether oxygens (including phenoxy) is 1. The van der Waals surface area contributed by atoms with Crippen LogP contribution in [-0.2, 0) is 4.74 Å². The van der Waals surface area contributed by atoms with E-state index in [-0.39, 0.29) is 12.0 Å². The Kier molecular flexibility index (Phi) is 6.23. The summed E-state index contributed by atoms with van der Waals surface area (Å²) in [4.78, 5) is 21.4. The number of anilines is 1. The maximum Gasteiger partial charge on any atom is 0.261 e. The van der Waals surface area contributed by atoms with E-state index in [0.717, 1.165) is 56.6 Å². The maximum atomic E-state index is 13.7. The molecule has 1 atom stereocenters. The van der Waals surface area contributed by atoms with Crippen molar-refractivity contribution in [1.82, 2.24) is 4.98 Å². The molecule has 4 rings (SSSR count). The third-order valence-electron chi connectivity index (χ3n) is 5.12. The number of thiazole rings is 1. The highest BCUT2D eigenvalue weighted by Crippen LogP contribution is 2.34. The number of carbonyl (C=O) groups excluding carboxylic acids is 1. The van der Waals surface area contributed by atoms with E-state index in [1.54, 1.807) is 23.1 Å². The number of aromatic nitrogens is 1. The van der Waals surface area contributed by atoms with E-state index in [1.165, 1.54) is 5.56 Å². The smallest absolute Gasteiger partial charge is 0.261 e. The normalized spacial score (nSPS) is 16.4. The van der Waals surface area contributed by atoms with Crippen LogP contribution in [0.5, 0.6) is 0 Å². The molecule has 0 saturated carbocycles. The first-order chi connectivity index (χ1) is 14.1. The van der Waals surface area contributed by atoms with Crippen LogP contribution in [0.15, 0.2) is 41.3 Å². The van der Waals surface area contributed by atoms with Crippen molar-refractivity contribution in [1.29, 1.82) is 0 Å². The fraction of sp³-hybridized carbons (Fsp3) is 0.391. The lowest BCUT2D eigenvalue weighted by Crippen LogP contribution is -2.37. The summed E-state index contributed by atoms with van der Waals surface area (Å²) < 4.78 is 6.99. The van der Waals surface area contributed by atoms with Gasteiger partial charge in [0, 0.05) is 11.5 Å². The highest BCUT2D eigenvalue weighted by Gasteiger charge is 2.28. The zero-order chi connectivity index (χ0) is 20.4. The quantitative estimate of drug-likeness (QED) is 0.464. The first-order valence-electron chi connectivity index (χ1n) is 10.1. The SMILES string of the molecule is CCSc1ccccc1C(=O)N(CC1CCCO1)c1nc2c(C)cc(C)cc2s1. The molecule has 1 fully saturated rings. The summed E-state index contributed by atoms with van der Waals surface area (Å²) in [5.41, 5.74) is 4.09. The van der Waals surface area contributed by atoms with Gasteiger partial charge in [0.2, 0.25) is 0 Å². The maximum absolute atomic E-state index is 13.7. The molecule has 2 aromatic carbocycles. The molecule has 4 nitrogen and oxygen atoms in total. The van der Waals surface area contributed by atoms with Crippen molar-refractivity contribution in [3.8, 4) is 0 Å². The van der Waals surface area contributed by atoms with E-state index < -0.39 is 0 Å². The van der Waals surface area contributed by atoms with Gasteiger partial charge in [0.05, 0.1) is 28.4 Å². The van der Waals surface area contributed by atoms with Crippen molar-refractivity contribution >= 4 is 44.4 Å². The minimum absolute atomic E-state index is 0.00508. The molecule has 1 unspecified atom stereocenters. The highest BCUT2D eigenvalue weighted by atomic mass is 32.2. The zero-order valence-corrected chi connectivity index (χ0v) is 18.7. The van der Waals surface area contributed by atoms with E-state index in [1.807, 2.05) is 29.2 Å². The Bertz CT molecular complexity index is 1020. The van der Waals surface area contributed by atoms with Gasteiger partial charge in [0.1, 0.15) is 0 Å². The number of benzene rings is 2. The minimum Gasteiger partial charge on any atom is -0.376 e. The summed E-state index contributed by atoms with van der Waals surface area (Å²) >= 11 is 3.29. The van der Waals surface area contributed by atoms with Crippen LogP contribution in [0.1, 0.15) is 41.3 Å². The van der Waals surface area contributed by atoms with E-state index in [4.69, 9.17) is 9.72 Å². The van der Waals surface area contributed by atoms with E-state index in [9.17, 15) is 4.79 Å².